The molecule has 1 amide bonds. The minimum atomic E-state index is -0.261. The van der Waals surface area contributed by atoms with Crippen LogP contribution in [0, 0.1) is 0 Å². The number of hydrogen-bond acceptors (Lipinski definition) is 5. The maximum absolute atomic E-state index is 11.8. The molecule has 94 valence electrons. The second-order valence-electron chi connectivity index (χ2n) is 3.77. The van der Waals surface area contributed by atoms with Crippen molar-refractivity contribution in [2.45, 2.75) is 12.8 Å². The minimum absolute atomic E-state index is 0.168. The van der Waals surface area contributed by atoms with E-state index in [2.05, 4.69) is 14.9 Å². The first-order valence-corrected chi connectivity index (χ1v) is 6.41. The summed E-state index contributed by atoms with van der Waals surface area (Å²) in [5.74, 6) is -0.261. The van der Waals surface area contributed by atoms with Crippen molar-refractivity contribution >= 4 is 23.1 Å². The first kappa shape index (κ1) is 12.7. The lowest BCUT2D eigenvalue weighted by molar-refractivity contribution is 0.102. The Morgan fingerprint density at radius 1 is 1.44 bits per heavy atom. The van der Waals surface area contributed by atoms with E-state index in [0.29, 0.717) is 12.1 Å². The second kappa shape index (κ2) is 6.23. The van der Waals surface area contributed by atoms with Gasteiger partial charge in [-0.2, -0.15) is 0 Å². The summed E-state index contributed by atoms with van der Waals surface area (Å²) in [5, 5.41) is 16.9. The zero-order chi connectivity index (χ0) is 12.8. The Balaban J connectivity index is 2.03. The lowest BCUT2D eigenvalue weighted by atomic mass is 10.1. The lowest BCUT2D eigenvalue weighted by Gasteiger charge is -2.05. The molecule has 0 aliphatic rings. The van der Waals surface area contributed by atoms with Crippen molar-refractivity contribution in [3.63, 3.8) is 0 Å². The molecule has 1 aromatic carbocycles. The van der Waals surface area contributed by atoms with E-state index in [1.54, 1.807) is 5.38 Å². The number of aliphatic hydroxyl groups excluding tert-OH is 1. The molecule has 0 saturated carbocycles. The SMILES string of the molecule is O=C(Nc1cccc(CCCO)c1)c1csnn1. The van der Waals surface area contributed by atoms with Gasteiger partial charge >= 0.3 is 0 Å². The highest BCUT2D eigenvalue weighted by Crippen LogP contribution is 2.13. The first-order valence-electron chi connectivity index (χ1n) is 5.58. The molecule has 0 spiro atoms. The molecule has 0 aliphatic carbocycles. The van der Waals surface area contributed by atoms with E-state index >= 15 is 0 Å². The zero-order valence-corrected chi connectivity index (χ0v) is 10.5. The fourth-order valence-electron chi connectivity index (χ4n) is 1.55. The van der Waals surface area contributed by atoms with Crippen LogP contribution in [0.5, 0.6) is 0 Å². The molecule has 1 heterocycles. The number of amides is 1. The zero-order valence-electron chi connectivity index (χ0n) is 9.67. The van der Waals surface area contributed by atoms with Crippen molar-refractivity contribution in [1.29, 1.82) is 0 Å². The molecule has 18 heavy (non-hydrogen) atoms. The summed E-state index contributed by atoms with van der Waals surface area (Å²) in [6.07, 6.45) is 1.51. The molecule has 2 aromatic rings. The van der Waals surface area contributed by atoms with Crippen LogP contribution in [0.2, 0.25) is 0 Å². The number of aromatic nitrogens is 2. The van der Waals surface area contributed by atoms with Crippen LogP contribution in [0.1, 0.15) is 22.5 Å². The number of anilines is 1. The number of nitrogens with one attached hydrogen (secondary N) is 1. The summed E-state index contributed by atoms with van der Waals surface area (Å²) in [7, 11) is 0. The molecular formula is C12H13N3O2S. The average Bonchev–Trinajstić information content (AvgIpc) is 2.91. The number of aryl methyl sites for hydroxylation is 1. The number of rotatable bonds is 5. The van der Waals surface area contributed by atoms with Gasteiger partial charge in [-0.15, -0.1) is 5.10 Å². The summed E-state index contributed by atoms with van der Waals surface area (Å²) >= 11 is 1.14. The van der Waals surface area contributed by atoms with E-state index in [4.69, 9.17) is 5.11 Å². The topological polar surface area (TPSA) is 75.1 Å². The Labute approximate surface area is 109 Å². The van der Waals surface area contributed by atoms with Crippen molar-refractivity contribution in [3.05, 3.63) is 40.9 Å². The van der Waals surface area contributed by atoms with Crippen LogP contribution in [0.4, 0.5) is 5.69 Å². The largest absolute Gasteiger partial charge is 0.396 e. The maximum atomic E-state index is 11.8. The molecule has 0 unspecified atom stereocenters. The Morgan fingerprint density at radius 3 is 3.06 bits per heavy atom. The molecule has 5 nitrogen and oxygen atoms in total. The summed E-state index contributed by atoms with van der Waals surface area (Å²) in [5.41, 5.74) is 2.13. The van der Waals surface area contributed by atoms with Gasteiger partial charge in [0.25, 0.3) is 5.91 Å². The number of benzene rings is 1. The van der Waals surface area contributed by atoms with Gasteiger partial charge in [0.15, 0.2) is 5.69 Å². The van der Waals surface area contributed by atoms with E-state index < -0.39 is 0 Å². The molecule has 0 fully saturated rings. The fourth-order valence-corrected chi connectivity index (χ4v) is 1.98. The van der Waals surface area contributed by atoms with Crippen molar-refractivity contribution < 1.29 is 9.90 Å². The average molecular weight is 263 g/mol. The molecule has 2 N–H and O–H groups in total. The Kier molecular flexibility index (Phi) is 4.38. The van der Waals surface area contributed by atoms with Gasteiger partial charge in [0, 0.05) is 17.7 Å². The van der Waals surface area contributed by atoms with Gasteiger partial charge in [-0.25, -0.2) is 0 Å². The molecule has 6 heteroatoms. The van der Waals surface area contributed by atoms with E-state index in [1.807, 2.05) is 24.3 Å². The lowest BCUT2D eigenvalue weighted by Crippen LogP contribution is -2.12. The highest BCUT2D eigenvalue weighted by Gasteiger charge is 2.08. The summed E-state index contributed by atoms with van der Waals surface area (Å²) < 4.78 is 3.65. The van der Waals surface area contributed by atoms with Gasteiger partial charge in [0.1, 0.15) is 0 Å². The minimum Gasteiger partial charge on any atom is -0.396 e. The monoisotopic (exact) mass is 263 g/mol. The van der Waals surface area contributed by atoms with Gasteiger partial charge < -0.3 is 10.4 Å². The highest BCUT2D eigenvalue weighted by atomic mass is 32.1. The fraction of sp³-hybridized carbons (Fsp3) is 0.250. The standard InChI is InChI=1S/C12H13N3O2S/c16-6-2-4-9-3-1-5-10(7-9)13-12(17)11-8-18-15-14-11/h1,3,5,7-8,16H,2,4,6H2,(H,13,17). The van der Waals surface area contributed by atoms with Crippen LogP contribution in [0.15, 0.2) is 29.6 Å². The molecule has 1 aromatic heterocycles. The Bertz CT molecular complexity index is 514. The van der Waals surface area contributed by atoms with Crippen molar-refractivity contribution in [1.82, 2.24) is 9.59 Å². The molecule has 0 aliphatic heterocycles. The second-order valence-corrected chi connectivity index (χ2v) is 4.38. The van der Waals surface area contributed by atoms with E-state index in [1.165, 1.54) is 0 Å². The van der Waals surface area contributed by atoms with Gasteiger partial charge in [-0.05, 0) is 42.1 Å². The first-order chi connectivity index (χ1) is 8.79. The van der Waals surface area contributed by atoms with Gasteiger partial charge in [-0.1, -0.05) is 16.6 Å². The highest BCUT2D eigenvalue weighted by molar-refractivity contribution is 7.03. The van der Waals surface area contributed by atoms with Crippen LogP contribution >= 0.6 is 11.5 Å². The Hall–Kier alpha value is -1.79. The van der Waals surface area contributed by atoms with Crippen molar-refractivity contribution in [2.24, 2.45) is 0 Å². The summed E-state index contributed by atoms with van der Waals surface area (Å²) in [6.45, 7) is 0.168. The normalized spacial score (nSPS) is 10.3. The molecule has 0 atom stereocenters. The van der Waals surface area contributed by atoms with E-state index in [9.17, 15) is 4.79 Å². The quantitative estimate of drug-likeness (QED) is 0.861. The van der Waals surface area contributed by atoms with E-state index in [0.717, 1.165) is 29.2 Å². The number of aliphatic hydroxyl groups is 1. The molecule has 0 bridgehead atoms. The van der Waals surface area contributed by atoms with E-state index in [-0.39, 0.29) is 12.5 Å². The summed E-state index contributed by atoms with van der Waals surface area (Å²) in [6, 6.07) is 7.56. The third kappa shape index (κ3) is 3.35. The predicted molar refractivity (Wildman–Crippen MR) is 69.7 cm³/mol. The van der Waals surface area contributed by atoms with Gasteiger partial charge in [-0.3, -0.25) is 4.79 Å². The number of carbonyl (C=O) groups is 1. The van der Waals surface area contributed by atoms with Gasteiger partial charge in [0.2, 0.25) is 0 Å². The smallest absolute Gasteiger partial charge is 0.277 e. The van der Waals surface area contributed by atoms with Crippen LogP contribution in [-0.4, -0.2) is 27.2 Å². The summed E-state index contributed by atoms with van der Waals surface area (Å²) in [4.78, 5) is 11.8. The Morgan fingerprint density at radius 2 is 2.33 bits per heavy atom. The molecular weight excluding hydrogens is 250 g/mol. The van der Waals surface area contributed by atoms with Crippen LogP contribution < -0.4 is 5.32 Å². The third-order valence-electron chi connectivity index (χ3n) is 2.40. The van der Waals surface area contributed by atoms with Crippen LogP contribution in [0.3, 0.4) is 0 Å². The van der Waals surface area contributed by atoms with Crippen LogP contribution in [-0.2, 0) is 6.42 Å². The maximum Gasteiger partial charge on any atom is 0.277 e. The van der Waals surface area contributed by atoms with Crippen molar-refractivity contribution in [2.75, 3.05) is 11.9 Å². The number of hydrogen-bond donors (Lipinski definition) is 2. The van der Waals surface area contributed by atoms with Crippen LogP contribution in [0.25, 0.3) is 0 Å². The molecule has 2 rings (SSSR count). The molecule has 0 radical (unpaired) electrons. The number of nitrogens with zero attached hydrogens (tertiary/aromatic N) is 2. The molecule has 0 saturated heterocycles. The number of carbonyl (C=O) groups excluding carboxylic acids is 1. The van der Waals surface area contributed by atoms with Gasteiger partial charge in [0.05, 0.1) is 0 Å². The predicted octanol–water partition coefficient (Wildman–Crippen LogP) is 1.72. The van der Waals surface area contributed by atoms with Crippen molar-refractivity contribution in [3.8, 4) is 0 Å². The third-order valence-corrected chi connectivity index (χ3v) is 2.91.